The number of amides is 2. The number of nitrogens with zero attached hydrogens (tertiary/aromatic N) is 1. The molecular formula is C11H21N3O4. The number of hydrogen-bond donors (Lipinski definition) is 4. The van der Waals surface area contributed by atoms with Gasteiger partial charge in [-0.1, -0.05) is 6.42 Å². The maximum absolute atomic E-state index is 11.5. The molecule has 0 aromatic heterocycles. The second-order valence-electron chi connectivity index (χ2n) is 4.56. The number of likely N-dealkylation sites (tertiary alicyclic amines) is 1. The van der Waals surface area contributed by atoms with Crippen LogP contribution in [0.2, 0.25) is 0 Å². The Labute approximate surface area is 106 Å². The SMILES string of the molecule is CN1CCCCC1CNC(=O)N[C@H](CO)C(=O)O. The van der Waals surface area contributed by atoms with E-state index in [0.717, 1.165) is 19.4 Å². The number of aliphatic carboxylic acids is 1. The van der Waals surface area contributed by atoms with Gasteiger partial charge < -0.3 is 25.7 Å². The molecule has 1 aliphatic rings. The van der Waals surface area contributed by atoms with E-state index in [4.69, 9.17) is 10.2 Å². The molecule has 0 bridgehead atoms. The molecule has 2 atom stereocenters. The predicted molar refractivity (Wildman–Crippen MR) is 65.3 cm³/mol. The molecule has 0 saturated carbocycles. The summed E-state index contributed by atoms with van der Waals surface area (Å²) in [6.07, 6.45) is 3.34. The van der Waals surface area contributed by atoms with Crippen LogP contribution < -0.4 is 10.6 Å². The zero-order chi connectivity index (χ0) is 13.5. The van der Waals surface area contributed by atoms with Gasteiger partial charge in [0.2, 0.25) is 0 Å². The number of carbonyl (C=O) groups is 2. The molecule has 0 spiro atoms. The number of urea groups is 1. The van der Waals surface area contributed by atoms with Crippen LogP contribution in [-0.4, -0.2) is 65.9 Å². The normalized spacial score (nSPS) is 22.2. The Hall–Kier alpha value is -1.34. The lowest BCUT2D eigenvalue weighted by atomic mass is 10.0. The zero-order valence-corrected chi connectivity index (χ0v) is 10.6. The molecule has 2 amide bonds. The number of likely N-dealkylation sites (N-methyl/N-ethyl adjacent to an activating group) is 1. The van der Waals surface area contributed by atoms with Crippen molar-refractivity contribution in [2.45, 2.75) is 31.3 Å². The molecule has 0 radical (unpaired) electrons. The number of rotatable bonds is 5. The standard InChI is InChI=1S/C11H21N3O4/c1-14-5-3-2-4-8(14)6-12-11(18)13-9(7-15)10(16)17/h8-9,15H,2-7H2,1H3,(H,16,17)(H2,12,13,18)/t8?,9-/m1/s1. The summed E-state index contributed by atoms with van der Waals surface area (Å²) < 4.78 is 0. The Morgan fingerprint density at radius 3 is 2.72 bits per heavy atom. The summed E-state index contributed by atoms with van der Waals surface area (Å²) in [6.45, 7) is 0.883. The second-order valence-corrected chi connectivity index (χ2v) is 4.56. The van der Waals surface area contributed by atoms with Gasteiger partial charge in [-0.15, -0.1) is 0 Å². The summed E-state index contributed by atoms with van der Waals surface area (Å²) in [5, 5.41) is 22.3. The van der Waals surface area contributed by atoms with Gasteiger partial charge in [-0.05, 0) is 26.4 Å². The van der Waals surface area contributed by atoms with Crippen molar-refractivity contribution in [3.63, 3.8) is 0 Å². The summed E-state index contributed by atoms with van der Waals surface area (Å²) in [4.78, 5) is 24.2. The van der Waals surface area contributed by atoms with E-state index >= 15 is 0 Å². The van der Waals surface area contributed by atoms with Gasteiger partial charge in [0.05, 0.1) is 6.61 Å². The Morgan fingerprint density at radius 1 is 1.44 bits per heavy atom. The first-order valence-corrected chi connectivity index (χ1v) is 6.13. The van der Waals surface area contributed by atoms with Gasteiger partial charge in [0.1, 0.15) is 0 Å². The fourth-order valence-electron chi connectivity index (χ4n) is 2.01. The minimum Gasteiger partial charge on any atom is -0.480 e. The van der Waals surface area contributed by atoms with Gasteiger partial charge in [-0.3, -0.25) is 0 Å². The van der Waals surface area contributed by atoms with Crippen molar-refractivity contribution in [1.29, 1.82) is 0 Å². The van der Waals surface area contributed by atoms with Gasteiger partial charge in [-0.2, -0.15) is 0 Å². The monoisotopic (exact) mass is 259 g/mol. The molecule has 1 saturated heterocycles. The van der Waals surface area contributed by atoms with Crippen molar-refractivity contribution in [2.75, 3.05) is 26.7 Å². The molecule has 0 aliphatic carbocycles. The van der Waals surface area contributed by atoms with Crippen LogP contribution in [0.25, 0.3) is 0 Å². The number of carbonyl (C=O) groups excluding carboxylic acids is 1. The molecular weight excluding hydrogens is 238 g/mol. The van der Waals surface area contributed by atoms with Crippen LogP contribution in [0.5, 0.6) is 0 Å². The zero-order valence-electron chi connectivity index (χ0n) is 10.6. The highest BCUT2D eigenvalue weighted by Gasteiger charge is 2.21. The highest BCUT2D eigenvalue weighted by Crippen LogP contribution is 2.13. The quantitative estimate of drug-likeness (QED) is 0.518. The topological polar surface area (TPSA) is 102 Å². The van der Waals surface area contributed by atoms with Crippen LogP contribution in [0, 0.1) is 0 Å². The van der Waals surface area contributed by atoms with E-state index in [-0.39, 0.29) is 0 Å². The molecule has 7 nitrogen and oxygen atoms in total. The number of aliphatic hydroxyl groups is 1. The van der Waals surface area contributed by atoms with Crippen molar-refractivity contribution in [1.82, 2.24) is 15.5 Å². The summed E-state index contributed by atoms with van der Waals surface area (Å²) in [6, 6.07) is -1.52. The Kier molecular flexibility index (Phi) is 5.87. The third-order valence-corrected chi connectivity index (χ3v) is 3.21. The lowest BCUT2D eigenvalue weighted by Crippen LogP contribution is -2.51. The van der Waals surface area contributed by atoms with E-state index in [1.54, 1.807) is 0 Å². The fourth-order valence-corrected chi connectivity index (χ4v) is 2.01. The predicted octanol–water partition coefficient (Wildman–Crippen LogP) is -0.785. The number of piperidine rings is 1. The minimum absolute atomic E-state index is 0.293. The van der Waals surface area contributed by atoms with Gasteiger partial charge in [0.15, 0.2) is 6.04 Å². The molecule has 0 aromatic rings. The number of carboxylic acid groups (broad SMARTS) is 1. The number of aliphatic hydroxyl groups excluding tert-OH is 1. The van der Waals surface area contributed by atoms with Crippen LogP contribution in [0.4, 0.5) is 4.79 Å². The largest absolute Gasteiger partial charge is 0.480 e. The first kappa shape index (κ1) is 14.7. The highest BCUT2D eigenvalue weighted by molar-refractivity contribution is 5.82. The van der Waals surface area contributed by atoms with Crippen LogP contribution in [0.1, 0.15) is 19.3 Å². The smallest absolute Gasteiger partial charge is 0.328 e. The van der Waals surface area contributed by atoms with Gasteiger partial charge in [0, 0.05) is 12.6 Å². The van der Waals surface area contributed by atoms with Crippen molar-refractivity contribution >= 4 is 12.0 Å². The average Bonchev–Trinajstić information content (AvgIpc) is 2.34. The number of nitrogens with one attached hydrogen (secondary N) is 2. The molecule has 1 unspecified atom stereocenters. The molecule has 4 N–H and O–H groups in total. The first-order valence-electron chi connectivity index (χ1n) is 6.13. The third kappa shape index (κ3) is 4.50. The van der Waals surface area contributed by atoms with Crippen molar-refractivity contribution in [3.05, 3.63) is 0 Å². The summed E-state index contributed by atoms with van der Waals surface area (Å²) in [7, 11) is 2.01. The Morgan fingerprint density at radius 2 is 2.17 bits per heavy atom. The van der Waals surface area contributed by atoms with E-state index < -0.39 is 24.6 Å². The molecule has 0 aromatic carbocycles. The third-order valence-electron chi connectivity index (χ3n) is 3.21. The maximum Gasteiger partial charge on any atom is 0.328 e. The molecule has 18 heavy (non-hydrogen) atoms. The molecule has 1 rings (SSSR count). The van der Waals surface area contributed by atoms with Crippen molar-refractivity contribution in [2.24, 2.45) is 0 Å². The van der Waals surface area contributed by atoms with Crippen molar-refractivity contribution in [3.8, 4) is 0 Å². The molecule has 7 heteroatoms. The van der Waals surface area contributed by atoms with Gasteiger partial charge in [0.25, 0.3) is 0 Å². The van der Waals surface area contributed by atoms with Crippen LogP contribution >= 0.6 is 0 Å². The molecule has 1 heterocycles. The van der Waals surface area contributed by atoms with E-state index in [2.05, 4.69) is 15.5 Å². The minimum atomic E-state index is -1.26. The Balaban J connectivity index is 2.29. The fraction of sp³-hybridized carbons (Fsp3) is 0.818. The summed E-state index contributed by atoms with van der Waals surface area (Å²) in [5.41, 5.74) is 0. The highest BCUT2D eigenvalue weighted by atomic mass is 16.4. The molecule has 104 valence electrons. The van der Waals surface area contributed by atoms with Crippen LogP contribution in [0.15, 0.2) is 0 Å². The number of carboxylic acids is 1. The van der Waals surface area contributed by atoms with E-state index in [1.807, 2.05) is 7.05 Å². The lowest BCUT2D eigenvalue weighted by Gasteiger charge is -2.32. The van der Waals surface area contributed by atoms with Gasteiger partial charge in [-0.25, -0.2) is 9.59 Å². The van der Waals surface area contributed by atoms with E-state index in [1.165, 1.54) is 6.42 Å². The Bertz CT molecular complexity index is 298. The lowest BCUT2D eigenvalue weighted by molar-refractivity contribution is -0.140. The molecule has 1 fully saturated rings. The van der Waals surface area contributed by atoms with Crippen LogP contribution in [-0.2, 0) is 4.79 Å². The maximum atomic E-state index is 11.5. The number of hydrogen-bond acceptors (Lipinski definition) is 4. The first-order chi connectivity index (χ1) is 8.54. The summed E-state index contributed by atoms with van der Waals surface area (Å²) >= 11 is 0. The van der Waals surface area contributed by atoms with E-state index in [0.29, 0.717) is 12.6 Å². The van der Waals surface area contributed by atoms with Crippen molar-refractivity contribution < 1.29 is 19.8 Å². The van der Waals surface area contributed by atoms with Gasteiger partial charge >= 0.3 is 12.0 Å². The average molecular weight is 259 g/mol. The second kappa shape index (κ2) is 7.17. The van der Waals surface area contributed by atoms with E-state index in [9.17, 15) is 9.59 Å². The van der Waals surface area contributed by atoms with Crippen LogP contribution in [0.3, 0.4) is 0 Å². The summed E-state index contributed by atoms with van der Waals surface area (Å²) in [5.74, 6) is -1.25. The molecule has 1 aliphatic heterocycles.